The van der Waals surface area contributed by atoms with E-state index in [0.29, 0.717) is 11.3 Å². The quantitative estimate of drug-likeness (QED) is 0.793. The van der Waals surface area contributed by atoms with Crippen molar-refractivity contribution in [2.75, 3.05) is 12.8 Å². The van der Waals surface area contributed by atoms with Crippen LogP contribution in [0.4, 0.5) is 5.82 Å². The predicted octanol–water partition coefficient (Wildman–Crippen LogP) is 1.54. The highest BCUT2D eigenvalue weighted by Gasteiger charge is 2.11. The Morgan fingerprint density at radius 1 is 1.38 bits per heavy atom. The lowest BCUT2D eigenvalue weighted by atomic mass is 10.1. The van der Waals surface area contributed by atoms with Crippen LogP contribution in [0.1, 0.15) is 5.56 Å². The molecule has 3 N–H and O–H groups in total. The second-order valence-electron chi connectivity index (χ2n) is 3.20. The van der Waals surface area contributed by atoms with E-state index < -0.39 is 0 Å². The highest BCUT2D eigenvalue weighted by Crippen LogP contribution is 2.25. The van der Waals surface area contributed by atoms with Gasteiger partial charge in [0.15, 0.2) is 5.82 Å². The monoisotopic (exact) mass is 214 g/mol. The van der Waals surface area contributed by atoms with Crippen molar-refractivity contribution in [3.05, 3.63) is 29.8 Å². The van der Waals surface area contributed by atoms with Crippen molar-refractivity contribution in [3.8, 4) is 23.1 Å². The molecule has 2 aromatic rings. The lowest BCUT2D eigenvalue weighted by molar-refractivity contribution is 0.415. The minimum atomic E-state index is 0.216. The molecule has 0 atom stereocenters. The van der Waals surface area contributed by atoms with Crippen molar-refractivity contribution in [2.24, 2.45) is 0 Å². The Hall–Kier alpha value is -2.48. The number of rotatable bonds is 2. The first-order valence-corrected chi connectivity index (χ1v) is 4.64. The topological polar surface area (TPSA) is 87.7 Å². The Kier molecular flexibility index (Phi) is 2.48. The van der Waals surface area contributed by atoms with E-state index in [0.717, 1.165) is 11.3 Å². The second-order valence-corrected chi connectivity index (χ2v) is 3.20. The fourth-order valence-electron chi connectivity index (χ4n) is 1.44. The number of hydrogen-bond donors (Lipinski definition) is 2. The number of nitrogens with two attached hydrogens (primary N) is 1. The number of ether oxygens (including phenoxy) is 1. The van der Waals surface area contributed by atoms with E-state index in [-0.39, 0.29) is 5.82 Å². The van der Waals surface area contributed by atoms with Gasteiger partial charge in [-0.25, -0.2) is 0 Å². The maximum atomic E-state index is 8.94. The molecule has 0 spiro atoms. The number of aromatic nitrogens is 2. The molecule has 1 aromatic carbocycles. The standard InChI is InChI=1S/C11H10N4O/c1-16-8-4-2-7(3-5-8)10-9(6-12)11(13)15-14-10/h2-5H,1H3,(H3,13,14,15). The van der Waals surface area contributed by atoms with Crippen molar-refractivity contribution in [1.82, 2.24) is 10.2 Å². The molecule has 0 bridgehead atoms. The summed E-state index contributed by atoms with van der Waals surface area (Å²) in [5.41, 5.74) is 7.40. The molecule has 16 heavy (non-hydrogen) atoms. The molecule has 2 rings (SSSR count). The summed E-state index contributed by atoms with van der Waals surface area (Å²) < 4.78 is 5.05. The first-order valence-electron chi connectivity index (χ1n) is 4.64. The SMILES string of the molecule is COc1ccc(-c2[nH]nc(N)c2C#N)cc1. The number of benzene rings is 1. The van der Waals surface area contributed by atoms with Gasteiger partial charge in [0.25, 0.3) is 0 Å². The maximum Gasteiger partial charge on any atom is 0.163 e. The van der Waals surface area contributed by atoms with Crippen LogP contribution in [-0.4, -0.2) is 17.3 Å². The largest absolute Gasteiger partial charge is 0.497 e. The van der Waals surface area contributed by atoms with Gasteiger partial charge >= 0.3 is 0 Å². The molecule has 0 aliphatic rings. The minimum Gasteiger partial charge on any atom is -0.497 e. The normalized spacial score (nSPS) is 9.75. The highest BCUT2D eigenvalue weighted by molar-refractivity contribution is 5.72. The molecule has 0 amide bonds. The molecule has 0 saturated carbocycles. The Labute approximate surface area is 92.5 Å². The Balaban J connectivity index is 2.47. The number of nitriles is 1. The molecular weight excluding hydrogens is 204 g/mol. The number of nitrogens with zero attached hydrogens (tertiary/aromatic N) is 2. The van der Waals surface area contributed by atoms with Gasteiger partial charge in [0.2, 0.25) is 0 Å². The number of anilines is 1. The summed E-state index contributed by atoms with van der Waals surface area (Å²) in [5, 5.41) is 15.5. The summed E-state index contributed by atoms with van der Waals surface area (Å²) in [6.07, 6.45) is 0. The Morgan fingerprint density at radius 2 is 2.06 bits per heavy atom. The third kappa shape index (κ3) is 1.57. The number of hydrogen-bond acceptors (Lipinski definition) is 4. The number of nitrogens with one attached hydrogen (secondary N) is 1. The van der Waals surface area contributed by atoms with Crippen LogP contribution in [0, 0.1) is 11.3 Å². The summed E-state index contributed by atoms with van der Waals surface area (Å²) in [5.74, 6) is 0.975. The van der Waals surface area contributed by atoms with Crippen molar-refractivity contribution in [2.45, 2.75) is 0 Å². The average molecular weight is 214 g/mol. The maximum absolute atomic E-state index is 8.94. The molecule has 0 saturated heterocycles. The van der Waals surface area contributed by atoms with Gasteiger partial charge < -0.3 is 10.5 Å². The van der Waals surface area contributed by atoms with Crippen LogP contribution in [-0.2, 0) is 0 Å². The molecule has 0 unspecified atom stereocenters. The molecular formula is C11H10N4O. The molecule has 5 nitrogen and oxygen atoms in total. The first kappa shape index (κ1) is 10.1. The smallest absolute Gasteiger partial charge is 0.163 e. The van der Waals surface area contributed by atoms with Gasteiger partial charge in [0.05, 0.1) is 12.8 Å². The van der Waals surface area contributed by atoms with Gasteiger partial charge in [0, 0.05) is 5.56 Å². The molecule has 0 fully saturated rings. The summed E-state index contributed by atoms with van der Waals surface area (Å²) in [6.45, 7) is 0. The van der Waals surface area contributed by atoms with Gasteiger partial charge in [-0.15, -0.1) is 0 Å². The van der Waals surface area contributed by atoms with E-state index in [1.165, 1.54) is 0 Å². The fourth-order valence-corrected chi connectivity index (χ4v) is 1.44. The third-order valence-corrected chi connectivity index (χ3v) is 2.28. The van der Waals surface area contributed by atoms with Gasteiger partial charge in [-0.1, -0.05) is 0 Å². The average Bonchev–Trinajstić information content (AvgIpc) is 2.70. The van der Waals surface area contributed by atoms with Gasteiger partial charge in [-0.05, 0) is 24.3 Å². The summed E-state index contributed by atoms with van der Waals surface area (Å²) >= 11 is 0. The van der Waals surface area contributed by atoms with E-state index in [2.05, 4.69) is 10.2 Å². The van der Waals surface area contributed by atoms with Crippen LogP contribution in [0.5, 0.6) is 5.75 Å². The van der Waals surface area contributed by atoms with Crippen molar-refractivity contribution < 1.29 is 4.74 Å². The van der Waals surface area contributed by atoms with E-state index in [1.807, 2.05) is 30.3 Å². The zero-order valence-electron chi connectivity index (χ0n) is 8.69. The summed E-state index contributed by atoms with van der Waals surface area (Å²) in [4.78, 5) is 0. The molecule has 5 heteroatoms. The molecule has 1 aromatic heterocycles. The number of nitrogen functional groups attached to an aromatic ring is 1. The number of H-pyrrole nitrogens is 1. The van der Waals surface area contributed by atoms with Gasteiger partial charge in [-0.2, -0.15) is 10.4 Å². The lowest BCUT2D eigenvalue weighted by Crippen LogP contribution is -1.88. The van der Waals surface area contributed by atoms with Gasteiger partial charge in [0.1, 0.15) is 17.4 Å². The van der Waals surface area contributed by atoms with Crippen molar-refractivity contribution in [3.63, 3.8) is 0 Å². The van der Waals surface area contributed by atoms with Gasteiger partial charge in [-0.3, -0.25) is 5.10 Å². The number of aromatic amines is 1. The highest BCUT2D eigenvalue weighted by atomic mass is 16.5. The first-order chi connectivity index (χ1) is 7.76. The zero-order chi connectivity index (χ0) is 11.5. The molecule has 0 aliphatic carbocycles. The van der Waals surface area contributed by atoms with Crippen LogP contribution >= 0.6 is 0 Å². The summed E-state index contributed by atoms with van der Waals surface area (Å²) in [7, 11) is 1.60. The lowest BCUT2D eigenvalue weighted by Gasteiger charge is -2.01. The Bertz CT molecular complexity index is 536. The van der Waals surface area contributed by atoms with E-state index in [1.54, 1.807) is 7.11 Å². The molecule has 80 valence electrons. The molecule has 0 aliphatic heterocycles. The fraction of sp³-hybridized carbons (Fsp3) is 0.0909. The number of methoxy groups -OCH3 is 1. The van der Waals surface area contributed by atoms with Crippen molar-refractivity contribution >= 4 is 5.82 Å². The minimum absolute atomic E-state index is 0.216. The van der Waals surface area contributed by atoms with E-state index >= 15 is 0 Å². The van der Waals surface area contributed by atoms with Crippen LogP contribution < -0.4 is 10.5 Å². The molecule has 0 radical (unpaired) electrons. The van der Waals surface area contributed by atoms with Crippen LogP contribution in [0.2, 0.25) is 0 Å². The van der Waals surface area contributed by atoms with Crippen LogP contribution in [0.25, 0.3) is 11.3 Å². The zero-order valence-corrected chi connectivity index (χ0v) is 8.69. The van der Waals surface area contributed by atoms with Crippen LogP contribution in [0.15, 0.2) is 24.3 Å². The third-order valence-electron chi connectivity index (χ3n) is 2.28. The van der Waals surface area contributed by atoms with Crippen LogP contribution in [0.3, 0.4) is 0 Å². The predicted molar refractivity (Wildman–Crippen MR) is 59.7 cm³/mol. The Morgan fingerprint density at radius 3 is 2.62 bits per heavy atom. The van der Waals surface area contributed by atoms with E-state index in [4.69, 9.17) is 15.7 Å². The molecule has 1 heterocycles. The van der Waals surface area contributed by atoms with E-state index in [9.17, 15) is 0 Å². The van der Waals surface area contributed by atoms with Crippen molar-refractivity contribution in [1.29, 1.82) is 5.26 Å². The summed E-state index contributed by atoms with van der Waals surface area (Å²) in [6, 6.07) is 9.33. The second kappa shape index (κ2) is 3.95.